The molecule has 1 aromatic rings. The van der Waals surface area contributed by atoms with E-state index in [-0.39, 0.29) is 13.4 Å². The van der Waals surface area contributed by atoms with E-state index in [0.717, 1.165) is 6.42 Å². The molecule has 0 aromatic heterocycles. The Hall–Kier alpha value is -1.95. The quantitative estimate of drug-likeness (QED) is 0.779. The van der Waals surface area contributed by atoms with Crippen LogP contribution < -0.4 is 25.3 Å². The van der Waals surface area contributed by atoms with Crippen molar-refractivity contribution in [2.24, 2.45) is 5.73 Å². The Morgan fingerprint density at radius 3 is 2.90 bits per heavy atom. The van der Waals surface area contributed by atoms with Crippen molar-refractivity contribution in [1.29, 1.82) is 0 Å². The van der Waals surface area contributed by atoms with Crippen LogP contribution in [0, 0.1) is 0 Å². The molecule has 1 atom stereocenters. The van der Waals surface area contributed by atoms with Gasteiger partial charge in [-0.1, -0.05) is 6.92 Å². The fraction of sp³-hybridized carbons (Fsp3) is 0.500. The second-order valence-electron chi connectivity index (χ2n) is 4.93. The Balaban J connectivity index is 2.00. The Morgan fingerprint density at radius 2 is 2.20 bits per heavy atom. The maximum Gasteiger partial charge on any atom is 0.240 e. The Bertz CT molecular complexity index is 492. The van der Waals surface area contributed by atoms with Crippen molar-refractivity contribution in [3.8, 4) is 17.2 Å². The molecule has 1 unspecified atom stereocenters. The van der Waals surface area contributed by atoms with Crippen LogP contribution in [0.5, 0.6) is 17.2 Å². The third kappa shape index (κ3) is 3.14. The van der Waals surface area contributed by atoms with Gasteiger partial charge in [-0.05, 0) is 32.0 Å². The van der Waals surface area contributed by atoms with Crippen molar-refractivity contribution in [2.75, 3.05) is 19.9 Å². The number of rotatable bonds is 7. The van der Waals surface area contributed by atoms with Gasteiger partial charge in [-0.3, -0.25) is 4.79 Å². The van der Waals surface area contributed by atoms with Gasteiger partial charge >= 0.3 is 0 Å². The SMILES string of the molecule is CCCNC(C)(COc1ccc2c(c1)OCO2)C(N)=O. The van der Waals surface area contributed by atoms with Crippen molar-refractivity contribution in [3.63, 3.8) is 0 Å². The lowest BCUT2D eigenvalue weighted by Crippen LogP contribution is -2.57. The van der Waals surface area contributed by atoms with Crippen LogP contribution in [0.4, 0.5) is 0 Å². The van der Waals surface area contributed by atoms with Gasteiger partial charge in [-0.25, -0.2) is 0 Å². The van der Waals surface area contributed by atoms with Crippen molar-refractivity contribution < 1.29 is 19.0 Å². The molecular weight excluding hydrogens is 260 g/mol. The van der Waals surface area contributed by atoms with Crippen LogP contribution in [0.25, 0.3) is 0 Å². The summed E-state index contributed by atoms with van der Waals surface area (Å²) in [5, 5.41) is 3.11. The highest BCUT2D eigenvalue weighted by Crippen LogP contribution is 2.35. The first-order valence-corrected chi connectivity index (χ1v) is 6.62. The highest BCUT2D eigenvalue weighted by atomic mass is 16.7. The third-order valence-electron chi connectivity index (χ3n) is 3.18. The third-order valence-corrected chi connectivity index (χ3v) is 3.18. The zero-order valence-electron chi connectivity index (χ0n) is 11.8. The molecule has 6 heteroatoms. The van der Waals surface area contributed by atoms with Crippen LogP contribution in [-0.2, 0) is 4.79 Å². The number of carbonyl (C=O) groups excluding carboxylic acids is 1. The molecule has 0 fully saturated rings. The van der Waals surface area contributed by atoms with Crippen LogP contribution in [-0.4, -0.2) is 31.4 Å². The average molecular weight is 280 g/mol. The molecule has 1 amide bonds. The van der Waals surface area contributed by atoms with E-state index in [0.29, 0.717) is 23.8 Å². The molecule has 0 saturated carbocycles. The Labute approximate surface area is 118 Å². The molecule has 0 aliphatic carbocycles. The number of ether oxygens (including phenoxy) is 3. The van der Waals surface area contributed by atoms with E-state index in [1.165, 1.54) is 0 Å². The average Bonchev–Trinajstić information content (AvgIpc) is 2.90. The molecule has 1 heterocycles. The van der Waals surface area contributed by atoms with Crippen molar-refractivity contribution in [1.82, 2.24) is 5.32 Å². The summed E-state index contributed by atoms with van der Waals surface area (Å²) in [5.41, 5.74) is 4.54. The number of nitrogens with one attached hydrogen (secondary N) is 1. The number of hydrogen-bond acceptors (Lipinski definition) is 5. The maximum absolute atomic E-state index is 11.6. The molecular formula is C14H20N2O4. The summed E-state index contributed by atoms with van der Waals surface area (Å²) in [5.74, 6) is 1.51. The van der Waals surface area contributed by atoms with Crippen LogP contribution in [0.1, 0.15) is 20.3 Å². The van der Waals surface area contributed by atoms with Gasteiger partial charge in [0.15, 0.2) is 11.5 Å². The topological polar surface area (TPSA) is 82.8 Å². The maximum atomic E-state index is 11.6. The summed E-state index contributed by atoms with van der Waals surface area (Å²) in [4.78, 5) is 11.6. The molecule has 0 radical (unpaired) electrons. The zero-order chi connectivity index (χ0) is 14.6. The molecule has 1 aliphatic heterocycles. The Kier molecular flexibility index (Phi) is 4.34. The minimum atomic E-state index is -0.896. The first kappa shape index (κ1) is 14.5. The lowest BCUT2D eigenvalue weighted by molar-refractivity contribution is -0.125. The van der Waals surface area contributed by atoms with Crippen molar-refractivity contribution in [3.05, 3.63) is 18.2 Å². The standard InChI is InChI=1S/C14H20N2O4/c1-3-6-16-14(2,13(15)17)8-18-10-4-5-11-12(7-10)20-9-19-11/h4-5,7,16H,3,6,8-9H2,1-2H3,(H2,15,17). The molecule has 3 N–H and O–H groups in total. The summed E-state index contributed by atoms with van der Waals surface area (Å²) in [6.07, 6.45) is 0.910. The summed E-state index contributed by atoms with van der Waals surface area (Å²) in [6.45, 7) is 4.83. The van der Waals surface area contributed by atoms with Crippen molar-refractivity contribution in [2.45, 2.75) is 25.8 Å². The molecule has 0 bridgehead atoms. The number of fused-ring (bicyclic) bond motifs is 1. The minimum Gasteiger partial charge on any atom is -0.491 e. The van der Waals surface area contributed by atoms with Crippen LogP contribution in [0.2, 0.25) is 0 Å². The molecule has 0 saturated heterocycles. The molecule has 20 heavy (non-hydrogen) atoms. The van der Waals surface area contributed by atoms with Gasteiger partial charge < -0.3 is 25.3 Å². The number of primary amides is 1. The van der Waals surface area contributed by atoms with E-state index in [1.54, 1.807) is 25.1 Å². The van der Waals surface area contributed by atoms with E-state index in [4.69, 9.17) is 19.9 Å². The fourth-order valence-corrected chi connectivity index (χ4v) is 1.80. The number of nitrogens with two attached hydrogens (primary N) is 1. The number of benzene rings is 1. The van der Waals surface area contributed by atoms with E-state index < -0.39 is 11.4 Å². The largest absolute Gasteiger partial charge is 0.491 e. The zero-order valence-corrected chi connectivity index (χ0v) is 11.8. The summed E-state index contributed by atoms with van der Waals surface area (Å²) < 4.78 is 16.2. The highest BCUT2D eigenvalue weighted by molar-refractivity contribution is 5.84. The van der Waals surface area contributed by atoms with Gasteiger partial charge in [0.05, 0.1) is 0 Å². The first-order valence-electron chi connectivity index (χ1n) is 6.62. The van der Waals surface area contributed by atoms with Gasteiger partial charge in [0, 0.05) is 6.07 Å². The number of hydrogen-bond donors (Lipinski definition) is 2. The lowest BCUT2D eigenvalue weighted by Gasteiger charge is -2.27. The molecule has 2 rings (SSSR count). The number of carbonyl (C=O) groups is 1. The molecule has 6 nitrogen and oxygen atoms in total. The Morgan fingerprint density at radius 1 is 1.45 bits per heavy atom. The molecule has 110 valence electrons. The van der Waals surface area contributed by atoms with E-state index in [9.17, 15) is 4.79 Å². The van der Waals surface area contributed by atoms with E-state index in [1.807, 2.05) is 6.92 Å². The predicted molar refractivity (Wildman–Crippen MR) is 74.0 cm³/mol. The molecule has 1 aromatic carbocycles. The monoisotopic (exact) mass is 280 g/mol. The predicted octanol–water partition coefficient (Wildman–Crippen LogP) is 1.04. The van der Waals surface area contributed by atoms with Crippen molar-refractivity contribution >= 4 is 5.91 Å². The van der Waals surface area contributed by atoms with Crippen LogP contribution >= 0.6 is 0 Å². The van der Waals surface area contributed by atoms with Gasteiger partial charge in [-0.15, -0.1) is 0 Å². The van der Waals surface area contributed by atoms with Gasteiger partial charge in [0.25, 0.3) is 0 Å². The summed E-state index contributed by atoms with van der Waals surface area (Å²) >= 11 is 0. The van der Waals surface area contributed by atoms with Gasteiger partial charge in [0.1, 0.15) is 17.9 Å². The molecule has 1 aliphatic rings. The number of amides is 1. The minimum absolute atomic E-state index is 0.155. The van der Waals surface area contributed by atoms with E-state index in [2.05, 4.69) is 5.32 Å². The first-order chi connectivity index (χ1) is 9.55. The van der Waals surface area contributed by atoms with Crippen LogP contribution in [0.3, 0.4) is 0 Å². The fourth-order valence-electron chi connectivity index (χ4n) is 1.80. The highest BCUT2D eigenvalue weighted by Gasteiger charge is 2.31. The van der Waals surface area contributed by atoms with E-state index >= 15 is 0 Å². The summed E-state index contributed by atoms with van der Waals surface area (Å²) in [7, 11) is 0. The second kappa shape index (κ2) is 6.00. The second-order valence-corrected chi connectivity index (χ2v) is 4.93. The normalized spacial score (nSPS) is 15.7. The van der Waals surface area contributed by atoms with Gasteiger partial charge in [0.2, 0.25) is 12.7 Å². The molecule has 0 spiro atoms. The smallest absolute Gasteiger partial charge is 0.240 e. The lowest BCUT2D eigenvalue weighted by atomic mass is 10.0. The van der Waals surface area contributed by atoms with Crippen LogP contribution in [0.15, 0.2) is 18.2 Å². The summed E-state index contributed by atoms with van der Waals surface area (Å²) in [6, 6.07) is 5.29. The van der Waals surface area contributed by atoms with Gasteiger partial charge in [-0.2, -0.15) is 0 Å².